The second kappa shape index (κ2) is 5.91. The third-order valence-corrected chi connectivity index (χ3v) is 3.18. The Morgan fingerprint density at radius 3 is 3.24 bits per heavy atom. The van der Waals surface area contributed by atoms with Gasteiger partial charge < -0.3 is 5.32 Å². The first-order chi connectivity index (χ1) is 8.33. The van der Waals surface area contributed by atoms with Gasteiger partial charge >= 0.3 is 0 Å². The lowest BCUT2D eigenvalue weighted by molar-refractivity contribution is 0.0929. The van der Waals surface area contributed by atoms with E-state index in [9.17, 15) is 4.79 Å². The quantitative estimate of drug-likeness (QED) is 0.803. The Bertz CT molecular complexity index is 366. The van der Waals surface area contributed by atoms with Gasteiger partial charge in [0.25, 0.3) is 0 Å². The van der Waals surface area contributed by atoms with Gasteiger partial charge in [0.1, 0.15) is 5.69 Å². The first kappa shape index (κ1) is 12.2. The molecule has 1 atom stereocenters. The second-order valence-corrected chi connectivity index (χ2v) is 4.56. The summed E-state index contributed by atoms with van der Waals surface area (Å²) in [5.41, 5.74) is 0.645. The smallest absolute Gasteiger partial charge is 0.199 e. The van der Waals surface area contributed by atoms with E-state index < -0.39 is 0 Å². The van der Waals surface area contributed by atoms with Crippen molar-refractivity contribution in [3.8, 4) is 0 Å². The molecule has 1 aromatic heterocycles. The van der Waals surface area contributed by atoms with E-state index in [0.717, 1.165) is 38.8 Å². The fraction of sp³-hybridized carbons (Fsp3) is 0.750. The summed E-state index contributed by atoms with van der Waals surface area (Å²) in [5, 5.41) is 11.1. The number of nitrogens with one attached hydrogen (secondary N) is 1. The molecule has 1 N–H and O–H groups in total. The molecule has 2 rings (SSSR count). The van der Waals surface area contributed by atoms with Crippen LogP contribution in [-0.4, -0.2) is 33.4 Å². The lowest BCUT2D eigenvalue weighted by Gasteiger charge is -2.14. The van der Waals surface area contributed by atoms with Crippen molar-refractivity contribution in [1.82, 2.24) is 20.3 Å². The Kier molecular flexibility index (Phi) is 4.25. The van der Waals surface area contributed by atoms with E-state index in [-0.39, 0.29) is 11.8 Å². The number of rotatable bonds is 4. The van der Waals surface area contributed by atoms with Crippen molar-refractivity contribution < 1.29 is 4.79 Å². The van der Waals surface area contributed by atoms with Crippen LogP contribution in [0.15, 0.2) is 6.20 Å². The van der Waals surface area contributed by atoms with E-state index in [0.29, 0.717) is 5.69 Å². The Morgan fingerprint density at radius 2 is 2.41 bits per heavy atom. The minimum absolute atomic E-state index is 0.0494. The van der Waals surface area contributed by atoms with Gasteiger partial charge in [-0.05, 0) is 25.8 Å². The van der Waals surface area contributed by atoms with Gasteiger partial charge in [0, 0.05) is 6.54 Å². The van der Waals surface area contributed by atoms with Crippen molar-refractivity contribution in [2.75, 3.05) is 6.54 Å². The van der Waals surface area contributed by atoms with Crippen LogP contribution in [-0.2, 0) is 6.54 Å². The van der Waals surface area contributed by atoms with Gasteiger partial charge in [0.05, 0.1) is 12.2 Å². The molecule has 17 heavy (non-hydrogen) atoms. The summed E-state index contributed by atoms with van der Waals surface area (Å²) >= 11 is 0. The van der Waals surface area contributed by atoms with Crippen LogP contribution in [0, 0.1) is 0 Å². The van der Waals surface area contributed by atoms with Gasteiger partial charge in [0.15, 0.2) is 5.78 Å². The molecule has 94 valence electrons. The molecule has 1 unspecified atom stereocenters. The number of aryl methyl sites for hydroxylation is 1. The summed E-state index contributed by atoms with van der Waals surface area (Å²) in [6.45, 7) is 3.76. The largest absolute Gasteiger partial charge is 0.307 e. The number of hydrogen-bond donors (Lipinski definition) is 1. The molecule has 1 saturated heterocycles. The number of hydrogen-bond acceptors (Lipinski definition) is 4. The standard InChI is InChI=1S/C12H20N4O/c1-2-8-16-11(9-14-15-16)12(17)10-6-4-3-5-7-13-10/h9-10,13H,2-8H2,1H3. The lowest BCUT2D eigenvalue weighted by Crippen LogP contribution is -2.37. The highest BCUT2D eigenvalue weighted by molar-refractivity contribution is 5.98. The first-order valence-electron chi connectivity index (χ1n) is 6.49. The number of nitrogens with zero attached hydrogens (tertiary/aromatic N) is 3. The molecule has 1 aromatic rings. The maximum absolute atomic E-state index is 12.3. The first-order valence-corrected chi connectivity index (χ1v) is 6.49. The van der Waals surface area contributed by atoms with Crippen LogP contribution in [0.25, 0.3) is 0 Å². The Morgan fingerprint density at radius 1 is 1.53 bits per heavy atom. The van der Waals surface area contributed by atoms with Gasteiger partial charge in [-0.25, -0.2) is 4.68 Å². The minimum Gasteiger partial charge on any atom is -0.307 e. The second-order valence-electron chi connectivity index (χ2n) is 4.56. The van der Waals surface area contributed by atoms with Gasteiger partial charge in [-0.1, -0.05) is 25.0 Å². The Labute approximate surface area is 102 Å². The van der Waals surface area contributed by atoms with E-state index in [4.69, 9.17) is 0 Å². The molecule has 5 heteroatoms. The molecule has 1 fully saturated rings. The highest BCUT2D eigenvalue weighted by Gasteiger charge is 2.24. The fourth-order valence-electron chi connectivity index (χ4n) is 2.26. The predicted octanol–water partition coefficient (Wildman–Crippen LogP) is 1.40. The normalized spacial score (nSPS) is 21.1. The number of aromatic nitrogens is 3. The van der Waals surface area contributed by atoms with Gasteiger partial charge in [-0.3, -0.25) is 4.79 Å². The summed E-state index contributed by atoms with van der Waals surface area (Å²) in [6.07, 6.45) is 6.97. The van der Waals surface area contributed by atoms with Crippen LogP contribution < -0.4 is 5.32 Å². The lowest BCUT2D eigenvalue weighted by atomic mass is 10.0. The molecule has 5 nitrogen and oxygen atoms in total. The molecular weight excluding hydrogens is 216 g/mol. The van der Waals surface area contributed by atoms with E-state index in [2.05, 4.69) is 22.6 Å². The summed E-state index contributed by atoms with van der Waals surface area (Å²) in [4.78, 5) is 12.3. The molecule has 0 spiro atoms. The maximum atomic E-state index is 12.3. The fourth-order valence-corrected chi connectivity index (χ4v) is 2.26. The van der Waals surface area contributed by atoms with Gasteiger partial charge in [0.2, 0.25) is 0 Å². The van der Waals surface area contributed by atoms with E-state index in [1.165, 1.54) is 6.42 Å². The summed E-state index contributed by atoms with van der Waals surface area (Å²) in [7, 11) is 0. The topological polar surface area (TPSA) is 59.8 Å². The molecule has 2 heterocycles. The van der Waals surface area contributed by atoms with Gasteiger partial charge in [-0.15, -0.1) is 5.10 Å². The third kappa shape index (κ3) is 2.91. The zero-order valence-corrected chi connectivity index (χ0v) is 10.4. The van der Waals surface area contributed by atoms with Crippen LogP contribution in [0.3, 0.4) is 0 Å². The summed E-state index contributed by atoms with van der Waals surface area (Å²) < 4.78 is 1.72. The van der Waals surface area contributed by atoms with E-state index in [1.807, 2.05) is 0 Å². The molecule has 0 aromatic carbocycles. The Hall–Kier alpha value is -1.23. The molecule has 1 aliphatic heterocycles. The molecule has 0 bridgehead atoms. The maximum Gasteiger partial charge on any atom is 0.199 e. The monoisotopic (exact) mass is 236 g/mol. The van der Waals surface area contributed by atoms with Crippen molar-refractivity contribution in [3.63, 3.8) is 0 Å². The highest BCUT2D eigenvalue weighted by atomic mass is 16.1. The van der Waals surface area contributed by atoms with E-state index in [1.54, 1.807) is 10.9 Å². The molecule has 0 radical (unpaired) electrons. The molecule has 0 amide bonds. The zero-order valence-electron chi connectivity index (χ0n) is 10.4. The van der Waals surface area contributed by atoms with Crippen molar-refractivity contribution in [2.24, 2.45) is 0 Å². The molecule has 0 saturated carbocycles. The van der Waals surface area contributed by atoms with Crippen molar-refractivity contribution in [3.05, 3.63) is 11.9 Å². The predicted molar refractivity (Wildman–Crippen MR) is 64.9 cm³/mol. The van der Waals surface area contributed by atoms with E-state index >= 15 is 0 Å². The van der Waals surface area contributed by atoms with Crippen molar-refractivity contribution in [1.29, 1.82) is 0 Å². The number of carbonyl (C=O) groups is 1. The number of ketones is 1. The average molecular weight is 236 g/mol. The third-order valence-electron chi connectivity index (χ3n) is 3.18. The SMILES string of the molecule is CCCn1nncc1C(=O)C1CCCCCN1. The van der Waals surface area contributed by atoms with Crippen molar-refractivity contribution >= 4 is 5.78 Å². The molecule has 1 aliphatic rings. The van der Waals surface area contributed by atoms with Crippen LogP contribution >= 0.6 is 0 Å². The number of Topliss-reactive ketones (excluding diaryl/α,β-unsaturated/α-hetero) is 1. The Balaban J connectivity index is 2.09. The number of carbonyl (C=O) groups excluding carboxylic acids is 1. The van der Waals surface area contributed by atoms with Crippen LogP contribution in [0.1, 0.15) is 49.5 Å². The average Bonchev–Trinajstić information content (AvgIpc) is 2.63. The van der Waals surface area contributed by atoms with Crippen LogP contribution in [0.5, 0.6) is 0 Å². The van der Waals surface area contributed by atoms with Gasteiger partial charge in [-0.2, -0.15) is 0 Å². The summed E-state index contributed by atoms with van der Waals surface area (Å²) in [6, 6.07) is -0.0494. The van der Waals surface area contributed by atoms with Crippen LogP contribution in [0.2, 0.25) is 0 Å². The minimum atomic E-state index is -0.0494. The molecule has 0 aliphatic carbocycles. The zero-order chi connectivity index (χ0) is 12.1. The van der Waals surface area contributed by atoms with Crippen LogP contribution in [0.4, 0.5) is 0 Å². The molecular formula is C12H20N4O. The highest BCUT2D eigenvalue weighted by Crippen LogP contribution is 2.13. The van der Waals surface area contributed by atoms with Crippen molar-refractivity contribution in [2.45, 2.75) is 51.6 Å². The summed E-state index contributed by atoms with van der Waals surface area (Å²) in [5.74, 6) is 0.144.